The molecule has 1 atom stereocenters. The molecule has 0 saturated carbocycles. The number of carbonyl (C=O) groups excluding carboxylic acids is 1. The van der Waals surface area contributed by atoms with Crippen molar-refractivity contribution in [1.29, 1.82) is 0 Å². The number of halogens is 1. The molecule has 0 saturated heterocycles. The van der Waals surface area contributed by atoms with Gasteiger partial charge in [-0.2, -0.15) is 0 Å². The molecule has 4 N–H and O–H groups in total. The number of nitrogens with zero attached hydrogens (tertiary/aromatic N) is 1. The van der Waals surface area contributed by atoms with Crippen LogP contribution in [0, 0.1) is 5.82 Å². The van der Waals surface area contributed by atoms with Crippen LogP contribution in [-0.4, -0.2) is 21.1 Å². The summed E-state index contributed by atoms with van der Waals surface area (Å²) in [5.74, 6) is -1.08. The van der Waals surface area contributed by atoms with Gasteiger partial charge in [0.05, 0.1) is 0 Å². The number of nitrogens with one attached hydrogen (secondary N) is 2. The van der Waals surface area contributed by atoms with E-state index in [0.29, 0.717) is 5.16 Å². The third-order valence-electron chi connectivity index (χ3n) is 3.16. The number of H-pyrrole nitrogens is 1. The average Bonchev–Trinajstić information content (AvgIpc) is 2.51. The van der Waals surface area contributed by atoms with Gasteiger partial charge in [-0.3, -0.25) is 14.6 Å². The molecule has 2 aromatic rings. The minimum atomic E-state index is -0.564. The number of thioether (sulfide) groups is 1. The largest absolute Gasteiger partial charge is 0.382 e. The first kappa shape index (κ1) is 17.0. The lowest BCUT2D eigenvalue weighted by atomic mass is 10.2. The lowest BCUT2D eigenvalue weighted by Crippen LogP contribution is -2.23. The number of hydrogen-bond donors (Lipinski definition) is 3. The van der Waals surface area contributed by atoms with Gasteiger partial charge >= 0.3 is 0 Å². The zero-order valence-electron chi connectivity index (χ0n) is 12.7. The number of nitrogens with two attached hydrogens (primary N) is 1. The van der Waals surface area contributed by atoms with Crippen molar-refractivity contribution in [2.24, 2.45) is 0 Å². The van der Waals surface area contributed by atoms with Crippen LogP contribution in [0.25, 0.3) is 0 Å². The predicted molar refractivity (Wildman–Crippen MR) is 89.2 cm³/mol. The fraction of sp³-hybridized carbons (Fsp3) is 0.267. The third-order valence-corrected chi connectivity index (χ3v) is 4.31. The Kier molecular flexibility index (Phi) is 5.38. The summed E-state index contributed by atoms with van der Waals surface area (Å²) in [4.78, 5) is 30.8. The van der Waals surface area contributed by atoms with Crippen LogP contribution in [0.3, 0.4) is 0 Å². The highest BCUT2D eigenvalue weighted by Crippen LogP contribution is 2.22. The molecule has 1 amide bonds. The molecular formula is C15H17FN4O2S. The molecule has 8 heteroatoms. The smallest absolute Gasteiger partial charge is 0.277 e. The summed E-state index contributed by atoms with van der Waals surface area (Å²) in [6, 6.07) is 4.95. The highest BCUT2D eigenvalue weighted by atomic mass is 32.2. The van der Waals surface area contributed by atoms with Crippen LogP contribution in [-0.2, 0) is 0 Å². The van der Waals surface area contributed by atoms with Crippen molar-refractivity contribution in [1.82, 2.24) is 9.97 Å². The van der Waals surface area contributed by atoms with Crippen molar-refractivity contribution in [3.05, 3.63) is 46.0 Å². The summed E-state index contributed by atoms with van der Waals surface area (Å²) >= 11 is 1.40. The fourth-order valence-electron chi connectivity index (χ4n) is 1.71. The zero-order chi connectivity index (χ0) is 17.0. The maximum absolute atomic E-state index is 12.9. The molecule has 0 aliphatic carbocycles. The molecule has 0 radical (unpaired) electrons. The lowest BCUT2D eigenvalue weighted by Gasteiger charge is -2.10. The number of hydrogen-bond acceptors (Lipinski definition) is 5. The summed E-state index contributed by atoms with van der Waals surface area (Å²) in [7, 11) is 0. The van der Waals surface area contributed by atoms with E-state index in [1.54, 1.807) is 0 Å². The fourth-order valence-corrected chi connectivity index (χ4v) is 2.56. The van der Waals surface area contributed by atoms with Gasteiger partial charge in [0.15, 0.2) is 11.0 Å². The molecule has 0 aliphatic heterocycles. The van der Waals surface area contributed by atoms with E-state index >= 15 is 0 Å². The molecule has 6 nitrogen and oxygen atoms in total. The Bertz CT molecular complexity index is 761. The summed E-state index contributed by atoms with van der Waals surface area (Å²) in [5, 5.41) is 3.09. The van der Waals surface area contributed by atoms with Crippen molar-refractivity contribution in [2.75, 3.05) is 11.1 Å². The molecule has 0 aliphatic rings. The Hall–Kier alpha value is -2.35. The quantitative estimate of drug-likeness (QED) is 0.575. The zero-order valence-corrected chi connectivity index (χ0v) is 13.5. The number of aromatic amines is 1. The topological polar surface area (TPSA) is 101 Å². The summed E-state index contributed by atoms with van der Waals surface area (Å²) in [5.41, 5.74) is 5.34. The van der Waals surface area contributed by atoms with Gasteiger partial charge in [-0.1, -0.05) is 25.6 Å². The van der Waals surface area contributed by atoms with E-state index < -0.39 is 17.3 Å². The van der Waals surface area contributed by atoms with Crippen molar-refractivity contribution in [3.63, 3.8) is 0 Å². The number of amides is 1. The summed E-state index contributed by atoms with van der Waals surface area (Å²) in [6.07, 6.45) is 0.914. The van der Waals surface area contributed by atoms with Crippen LogP contribution in [0.4, 0.5) is 15.9 Å². The monoisotopic (exact) mass is 336 g/mol. The Morgan fingerprint density at radius 2 is 2.09 bits per heavy atom. The number of benzene rings is 1. The maximum atomic E-state index is 12.9. The second-order valence-electron chi connectivity index (χ2n) is 4.93. The van der Waals surface area contributed by atoms with E-state index in [4.69, 9.17) is 5.73 Å². The van der Waals surface area contributed by atoms with E-state index in [2.05, 4.69) is 15.3 Å². The van der Waals surface area contributed by atoms with Crippen LogP contribution in [0.1, 0.15) is 30.6 Å². The molecular weight excluding hydrogens is 319 g/mol. The molecule has 2 rings (SSSR count). The van der Waals surface area contributed by atoms with Gasteiger partial charge < -0.3 is 11.1 Å². The van der Waals surface area contributed by atoms with Gasteiger partial charge in [-0.15, -0.1) is 0 Å². The first-order valence-electron chi connectivity index (χ1n) is 7.04. The van der Waals surface area contributed by atoms with Gasteiger partial charge in [0.1, 0.15) is 11.5 Å². The molecule has 0 fully saturated rings. The number of rotatable bonds is 5. The van der Waals surface area contributed by atoms with Gasteiger partial charge in [-0.25, -0.2) is 9.37 Å². The summed E-state index contributed by atoms with van der Waals surface area (Å²) < 4.78 is 12.9. The Morgan fingerprint density at radius 3 is 2.65 bits per heavy atom. The van der Waals surface area contributed by atoms with Crippen LogP contribution in [0.2, 0.25) is 0 Å². The SMILES string of the molecule is CC[C@H](C)Sc1nc(N)c(NC(=O)c2ccc(F)cc2)c(=O)[nH]1. The second kappa shape index (κ2) is 7.28. The van der Waals surface area contributed by atoms with Crippen molar-refractivity contribution < 1.29 is 9.18 Å². The second-order valence-corrected chi connectivity index (χ2v) is 6.36. The minimum Gasteiger partial charge on any atom is -0.382 e. The number of carbonyl (C=O) groups is 1. The molecule has 1 aromatic carbocycles. The van der Waals surface area contributed by atoms with Crippen molar-refractivity contribution >= 4 is 29.2 Å². The normalized spacial score (nSPS) is 12.0. The Labute approximate surface area is 136 Å². The lowest BCUT2D eigenvalue weighted by molar-refractivity contribution is 0.102. The Balaban J connectivity index is 2.21. The number of nitrogen functional groups attached to an aromatic ring is 1. The first-order chi connectivity index (χ1) is 10.9. The van der Waals surface area contributed by atoms with Gasteiger partial charge in [0.2, 0.25) is 0 Å². The summed E-state index contributed by atoms with van der Waals surface area (Å²) in [6.45, 7) is 4.03. The molecule has 1 heterocycles. The van der Waals surface area contributed by atoms with Gasteiger partial charge in [0.25, 0.3) is 11.5 Å². The van der Waals surface area contributed by atoms with Gasteiger partial charge in [-0.05, 0) is 30.7 Å². The van der Waals surface area contributed by atoms with E-state index in [9.17, 15) is 14.0 Å². The molecule has 0 unspecified atom stereocenters. The van der Waals surface area contributed by atoms with Gasteiger partial charge in [0, 0.05) is 10.8 Å². The number of anilines is 2. The number of aromatic nitrogens is 2. The molecule has 0 spiro atoms. The Morgan fingerprint density at radius 1 is 1.43 bits per heavy atom. The first-order valence-corrected chi connectivity index (χ1v) is 7.92. The molecule has 23 heavy (non-hydrogen) atoms. The average molecular weight is 336 g/mol. The minimum absolute atomic E-state index is 0.0602. The molecule has 1 aromatic heterocycles. The highest BCUT2D eigenvalue weighted by molar-refractivity contribution is 7.99. The third kappa shape index (κ3) is 4.32. The predicted octanol–water partition coefficient (Wildman–Crippen LogP) is 2.63. The van der Waals surface area contributed by atoms with Crippen LogP contribution >= 0.6 is 11.8 Å². The van der Waals surface area contributed by atoms with E-state index in [0.717, 1.165) is 18.6 Å². The van der Waals surface area contributed by atoms with Crippen LogP contribution in [0.15, 0.2) is 34.2 Å². The molecule has 0 bridgehead atoms. The van der Waals surface area contributed by atoms with E-state index in [-0.39, 0.29) is 22.3 Å². The van der Waals surface area contributed by atoms with Crippen molar-refractivity contribution in [3.8, 4) is 0 Å². The maximum Gasteiger partial charge on any atom is 0.277 e. The highest BCUT2D eigenvalue weighted by Gasteiger charge is 2.15. The standard InChI is InChI=1S/C15H17FN4O2S/c1-3-8(2)23-15-19-12(17)11(14(22)20-15)18-13(21)9-4-6-10(16)7-5-9/h4-8H,3H2,1-2H3,(H,18,21)(H3,17,19,20,22)/t8-/m0/s1. The van der Waals surface area contributed by atoms with Crippen molar-refractivity contribution in [2.45, 2.75) is 30.7 Å². The van der Waals surface area contributed by atoms with Crippen LogP contribution < -0.4 is 16.6 Å². The van der Waals surface area contributed by atoms with E-state index in [1.165, 1.54) is 23.9 Å². The molecule has 122 valence electrons. The van der Waals surface area contributed by atoms with E-state index in [1.807, 2.05) is 13.8 Å². The van der Waals surface area contributed by atoms with Crippen LogP contribution in [0.5, 0.6) is 0 Å².